The Kier molecular flexibility index (Phi) is 4.78. The van der Waals surface area contributed by atoms with Gasteiger partial charge >= 0.3 is 5.97 Å². The van der Waals surface area contributed by atoms with Crippen molar-refractivity contribution >= 4 is 33.6 Å². The van der Waals surface area contributed by atoms with Gasteiger partial charge in [0, 0.05) is 31.6 Å². The van der Waals surface area contributed by atoms with E-state index >= 15 is 0 Å². The molecular formula is C23H24N4O4. The van der Waals surface area contributed by atoms with Crippen molar-refractivity contribution in [3.8, 4) is 17.3 Å². The van der Waals surface area contributed by atoms with Crippen LogP contribution in [-0.2, 0) is 11.3 Å². The number of para-hydroxylation sites is 1. The summed E-state index contributed by atoms with van der Waals surface area (Å²) in [6, 6.07) is 11.8. The molecule has 4 aromatic rings. The fourth-order valence-electron chi connectivity index (χ4n) is 4.42. The number of aromatic nitrogens is 3. The van der Waals surface area contributed by atoms with Gasteiger partial charge in [0.2, 0.25) is 0 Å². The zero-order chi connectivity index (χ0) is 21.5. The number of benzene rings is 2. The Morgan fingerprint density at radius 3 is 2.87 bits per heavy atom. The molecule has 1 aliphatic rings. The number of carbonyl (C=O) groups excluding carboxylic acids is 1. The molecule has 0 radical (unpaired) electrons. The van der Waals surface area contributed by atoms with Crippen molar-refractivity contribution in [2.75, 3.05) is 38.8 Å². The van der Waals surface area contributed by atoms with Crippen molar-refractivity contribution in [2.24, 2.45) is 0 Å². The maximum Gasteiger partial charge on any atom is 0.338 e. The molecule has 0 unspecified atom stereocenters. The van der Waals surface area contributed by atoms with E-state index in [0.29, 0.717) is 22.3 Å². The van der Waals surface area contributed by atoms with Gasteiger partial charge in [0.15, 0.2) is 5.82 Å². The molecule has 3 heterocycles. The van der Waals surface area contributed by atoms with E-state index < -0.39 is 5.97 Å². The van der Waals surface area contributed by atoms with E-state index in [9.17, 15) is 9.90 Å². The first-order chi connectivity index (χ1) is 15.1. The molecule has 31 heavy (non-hydrogen) atoms. The molecule has 0 aliphatic carbocycles. The molecule has 2 aromatic heterocycles. The number of fused-ring (bicyclic) bond motifs is 1. The van der Waals surface area contributed by atoms with Gasteiger partial charge < -0.3 is 29.0 Å². The van der Waals surface area contributed by atoms with Crippen LogP contribution in [0.2, 0.25) is 0 Å². The summed E-state index contributed by atoms with van der Waals surface area (Å²) in [7, 11) is 2.92. The second kappa shape index (κ2) is 7.63. The topological polar surface area (TPSA) is 92.6 Å². The third kappa shape index (κ3) is 3.11. The van der Waals surface area contributed by atoms with Crippen LogP contribution in [0.3, 0.4) is 0 Å². The number of ether oxygens (including phenoxy) is 2. The van der Waals surface area contributed by atoms with Gasteiger partial charge in [0.05, 0.1) is 42.2 Å². The number of nitrogens with one attached hydrogen (secondary N) is 1. The van der Waals surface area contributed by atoms with Crippen LogP contribution in [0.15, 0.2) is 36.4 Å². The van der Waals surface area contributed by atoms with Crippen LogP contribution in [-0.4, -0.2) is 59.5 Å². The smallest absolute Gasteiger partial charge is 0.338 e. The van der Waals surface area contributed by atoms with Gasteiger partial charge in [0.1, 0.15) is 11.3 Å². The van der Waals surface area contributed by atoms with Crippen LogP contribution in [0.5, 0.6) is 5.75 Å². The molecule has 8 nitrogen and oxygen atoms in total. The number of anilines is 1. The average molecular weight is 420 g/mol. The summed E-state index contributed by atoms with van der Waals surface area (Å²) in [5.74, 6) is 0.819. The summed E-state index contributed by atoms with van der Waals surface area (Å²) in [6.45, 7) is 2.70. The fourth-order valence-corrected chi connectivity index (χ4v) is 4.42. The van der Waals surface area contributed by atoms with E-state index in [-0.39, 0.29) is 6.61 Å². The van der Waals surface area contributed by atoms with Gasteiger partial charge in [-0.15, -0.1) is 0 Å². The van der Waals surface area contributed by atoms with E-state index in [1.54, 1.807) is 19.2 Å². The maximum atomic E-state index is 12.0. The number of carbonyl (C=O) groups is 1. The van der Waals surface area contributed by atoms with E-state index in [4.69, 9.17) is 14.5 Å². The Bertz CT molecular complexity index is 1290. The maximum absolute atomic E-state index is 12.0. The number of rotatable bonds is 6. The van der Waals surface area contributed by atoms with Crippen LogP contribution in [0, 0.1) is 0 Å². The molecule has 0 atom stereocenters. The molecule has 0 fully saturated rings. The van der Waals surface area contributed by atoms with Gasteiger partial charge in [-0.25, -0.2) is 9.78 Å². The van der Waals surface area contributed by atoms with Crippen molar-refractivity contribution in [1.82, 2.24) is 14.5 Å². The highest BCUT2D eigenvalue weighted by Gasteiger charge is 2.24. The molecule has 1 aliphatic heterocycles. The molecule has 0 saturated heterocycles. The van der Waals surface area contributed by atoms with E-state index in [0.717, 1.165) is 43.0 Å². The Morgan fingerprint density at radius 2 is 2.10 bits per heavy atom. The number of esters is 1. The van der Waals surface area contributed by atoms with Crippen molar-refractivity contribution < 1.29 is 19.4 Å². The molecule has 0 bridgehead atoms. The lowest BCUT2D eigenvalue weighted by Gasteiger charge is -2.31. The molecule has 0 amide bonds. The largest absolute Gasteiger partial charge is 0.494 e. The molecule has 0 saturated carbocycles. The molecule has 8 heteroatoms. The second-order valence-electron chi connectivity index (χ2n) is 7.61. The normalized spacial score (nSPS) is 13.2. The van der Waals surface area contributed by atoms with Gasteiger partial charge in [-0.3, -0.25) is 0 Å². The SMILES string of the molecule is COC(=O)c1cc(OC)c2nc(-c3cc4cccc5c4n3CCN5CCCO)[nH]c2c1. The molecule has 2 N–H and O–H groups in total. The van der Waals surface area contributed by atoms with Crippen molar-refractivity contribution in [1.29, 1.82) is 0 Å². The standard InChI is InChI=1S/C23H24N4O4/c1-30-19-13-15(23(29)31-2)11-16-20(19)25-22(24-16)18-12-14-5-3-6-17-21(14)27(18)9-8-26(17)7-4-10-28/h3,5-6,11-13,28H,4,7-10H2,1-2H3,(H,24,25). The van der Waals surface area contributed by atoms with Crippen LogP contribution in [0.1, 0.15) is 16.8 Å². The van der Waals surface area contributed by atoms with E-state index in [2.05, 4.69) is 38.7 Å². The van der Waals surface area contributed by atoms with Gasteiger partial charge in [-0.2, -0.15) is 0 Å². The molecule has 0 spiro atoms. The summed E-state index contributed by atoms with van der Waals surface area (Å²) < 4.78 is 12.6. The van der Waals surface area contributed by atoms with Gasteiger partial charge in [-0.05, 0) is 30.7 Å². The summed E-state index contributed by atoms with van der Waals surface area (Å²) in [5.41, 5.74) is 5.12. The van der Waals surface area contributed by atoms with Gasteiger partial charge in [0.25, 0.3) is 0 Å². The number of H-pyrrole nitrogens is 1. The minimum absolute atomic E-state index is 0.188. The highest BCUT2D eigenvalue weighted by atomic mass is 16.5. The predicted octanol–water partition coefficient (Wildman–Crippen LogP) is 3.18. The number of aliphatic hydroxyl groups is 1. The van der Waals surface area contributed by atoms with Crippen molar-refractivity contribution in [3.63, 3.8) is 0 Å². The number of aliphatic hydroxyl groups excluding tert-OH is 1. The Morgan fingerprint density at radius 1 is 1.23 bits per heavy atom. The molecule has 5 rings (SSSR count). The first-order valence-corrected chi connectivity index (χ1v) is 10.3. The number of aromatic amines is 1. The fraction of sp³-hybridized carbons (Fsp3) is 0.304. The average Bonchev–Trinajstić information content (AvgIpc) is 3.40. The third-order valence-electron chi connectivity index (χ3n) is 5.85. The van der Waals surface area contributed by atoms with Crippen LogP contribution < -0.4 is 9.64 Å². The number of hydrogen-bond acceptors (Lipinski definition) is 6. The van der Waals surface area contributed by atoms with Crippen LogP contribution >= 0.6 is 0 Å². The summed E-state index contributed by atoms with van der Waals surface area (Å²) in [5, 5.41) is 10.4. The number of hydrogen-bond donors (Lipinski definition) is 2. The van der Waals surface area contributed by atoms with Crippen LogP contribution in [0.25, 0.3) is 33.5 Å². The lowest BCUT2D eigenvalue weighted by atomic mass is 10.1. The number of methoxy groups -OCH3 is 2. The minimum Gasteiger partial charge on any atom is -0.494 e. The van der Waals surface area contributed by atoms with E-state index in [1.807, 2.05) is 0 Å². The lowest BCUT2D eigenvalue weighted by molar-refractivity contribution is 0.0600. The summed E-state index contributed by atoms with van der Waals surface area (Å²) in [6.07, 6.45) is 0.746. The molecular weight excluding hydrogens is 396 g/mol. The lowest BCUT2D eigenvalue weighted by Crippen LogP contribution is -2.32. The van der Waals surface area contributed by atoms with Crippen molar-refractivity contribution in [3.05, 3.63) is 42.0 Å². The monoisotopic (exact) mass is 420 g/mol. The summed E-state index contributed by atoms with van der Waals surface area (Å²) in [4.78, 5) is 22.5. The number of nitrogens with zero attached hydrogens (tertiary/aromatic N) is 3. The van der Waals surface area contributed by atoms with Crippen LogP contribution in [0.4, 0.5) is 5.69 Å². The quantitative estimate of drug-likeness (QED) is 0.466. The zero-order valence-electron chi connectivity index (χ0n) is 17.5. The summed E-state index contributed by atoms with van der Waals surface area (Å²) >= 11 is 0. The minimum atomic E-state index is -0.424. The first-order valence-electron chi connectivity index (χ1n) is 10.3. The Labute approximate surface area is 179 Å². The Hall–Kier alpha value is -3.52. The first kappa shape index (κ1) is 19.4. The predicted molar refractivity (Wildman–Crippen MR) is 119 cm³/mol. The third-order valence-corrected chi connectivity index (χ3v) is 5.85. The second-order valence-corrected chi connectivity index (χ2v) is 7.61. The highest BCUT2D eigenvalue weighted by Crippen LogP contribution is 2.37. The van der Waals surface area contributed by atoms with Crippen molar-refractivity contribution in [2.45, 2.75) is 13.0 Å². The zero-order valence-corrected chi connectivity index (χ0v) is 17.5. The molecule has 2 aromatic carbocycles. The number of imidazole rings is 1. The van der Waals surface area contributed by atoms with E-state index in [1.165, 1.54) is 18.3 Å². The van der Waals surface area contributed by atoms with Gasteiger partial charge in [-0.1, -0.05) is 12.1 Å². The highest BCUT2D eigenvalue weighted by molar-refractivity contribution is 5.99. The Balaban J connectivity index is 1.65. The molecule has 160 valence electrons.